The molecule has 2 aromatic rings. The van der Waals surface area contributed by atoms with Crippen molar-refractivity contribution in [3.05, 3.63) is 46.7 Å². The van der Waals surface area contributed by atoms with Crippen molar-refractivity contribution in [2.24, 2.45) is 0 Å². The Morgan fingerprint density at radius 2 is 2.26 bits per heavy atom. The molecular formula is C15H18ClN3. The van der Waals surface area contributed by atoms with Crippen molar-refractivity contribution in [3.8, 4) is 5.69 Å². The highest BCUT2D eigenvalue weighted by Gasteiger charge is 2.30. The molecule has 3 nitrogen and oxygen atoms in total. The Bertz CT molecular complexity index is 573. The number of halogens is 1. The number of nitrogens with zero attached hydrogens (tertiary/aromatic N) is 2. The van der Waals surface area contributed by atoms with E-state index in [0.29, 0.717) is 5.92 Å². The lowest BCUT2D eigenvalue weighted by molar-refractivity contribution is 0.714. The molecule has 1 aliphatic carbocycles. The van der Waals surface area contributed by atoms with Gasteiger partial charge in [0.25, 0.3) is 0 Å². The van der Waals surface area contributed by atoms with E-state index < -0.39 is 0 Å². The molecule has 4 heteroatoms. The summed E-state index contributed by atoms with van der Waals surface area (Å²) in [6.07, 6.45) is 4.52. The first-order valence-electron chi connectivity index (χ1n) is 6.83. The molecule has 0 atom stereocenters. The van der Waals surface area contributed by atoms with Crippen LogP contribution in [0.2, 0.25) is 5.02 Å². The molecule has 1 saturated carbocycles. The predicted molar refractivity (Wildman–Crippen MR) is 77.9 cm³/mol. The van der Waals surface area contributed by atoms with E-state index in [2.05, 4.69) is 28.1 Å². The Kier molecular flexibility index (Phi) is 3.58. The normalized spacial score (nSPS) is 14.8. The van der Waals surface area contributed by atoms with Crippen LogP contribution in [0.15, 0.2) is 30.5 Å². The van der Waals surface area contributed by atoms with Gasteiger partial charge in [0.1, 0.15) is 0 Å². The van der Waals surface area contributed by atoms with Crippen LogP contribution < -0.4 is 5.32 Å². The standard InChI is InChI=1S/C15H18ClN3/c1-2-17-9-12-10-18-19(15(12)11-6-7-11)14-5-3-4-13(16)8-14/h3-5,8,10-11,17H,2,6-7,9H2,1H3. The van der Waals surface area contributed by atoms with E-state index in [9.17, 15) is 0 Å². The zero-order valence-electron chi connectivity index (χ0n) is 11.1. The highest BCUT2D eigenvalue weighted by atomic mass is 35.5. The maximum absolute atomic E-state index is 6.08. The molecule has 1 heterocycles. The zero-order chi connectivity index (χ0) is 13.2. The number of benzene rings is 1. The van der Waals surface area contributed by atoms with Gasteiger partial charge in [-0.2, -0.15) is 5.10 Å². The number of hydrogen-bond donors (Lipinski definition) is 1. The summed E-state index contributed by atoms with van der Waals surface area (Å²) < 4.78 is 2.05. The first-order chi connectivity index (χ1) is 9.29. The van der Waals surface area contributed by atoms with Crippen LogP contribution in [0, 0.1) is 0 Å². The SMILES string of the molecule is CCNCc1cnn(-c2cccc(Cl)c2)c1C1CC1. The van der Waals surface area contributed by atoms with E-state index in [1.807, 2.05) is 24.4 Å². The molecule has 0 radical (unpaired) electrons. The van der Waals surface area contributed by atoms with Crippen molar-refractivity contribution in [1.82, 2.24) is 15.1 Å². The molecule has 0 amide bonds. The average molecular weight is 276 g/mol. The van der Waals surface area contributed by atoms with E-state index in [-0.39, 0.29) is 0 Å². The summed E-state index contributed by atoms with van der Waals surface area (Å²) in [5.41, 5.74) is 3.71. The van der Waals surface area contributed by atoms with Crippen LogP contribution in [-0.2, 0) is 6.54 Å². The van der Waals surface area contributed by atoms with Gasteiger partial charge in [-0.3, -0.25) is 0 Å². The van der Waals surface area contributed by atoms with Crippen LogP contribution in [0.25, 0.3) is 5.69 Å². The lowest BCUT2D eigenvalue weighted by Crippen LogP contribution is -2.13. The fraction of sp³-hybridized carbons (Fsp3) is 0.400. The minimum Gasteiger partial charge on any atom is -0.313 e. The van der Waals surface area contributed by atoms with Crippen LogP contribution >= 0.6 is 11.6 Å². The summed E-state index contributed by atoms with van der Waals surface area (Å²) in [6.45, 7) is 3.99. The molecule has 0 saturated heterocycles. The lowest BCUT2D eigenvalue weighted by Gasteiger charge is -2.09. The molecule has 100 valence electrons. The molecule has 0 aliphatic heterocycles. The van der Waals surface area contributed by atoms with E-state index in [0.717, 1.165) is 23.8 Å². The maximum Gasteiger partial charge on any atom is 0.0663 e. The number of rotatable bonds is 5. The van der Waals surface area contributed by atoms with E-state index in [1.54, 1.807) is 0 Å². The van der Waals surface area contributed by atoms with Crippen molar-refractivity contribution < 1.29 is 0 Å². The monoisotopic (exact) mass is 275 g/mol. The molecular weight excluding hydrogens is 258 g/mol. The summed E-state index contributed by atoms with van der Waals surface area (Å²) in [4.78, 5) is 0. The number of nitrogens with one attached hydrogen (secondary N) is 1. The second kappa shape index (κ2) is 5.35. The van der Waals surface area contributed by atoms with Crippen LogP contribution in [0.1, 0.15) is 36.9 Å². The second-order valence-corrected chi connectivity index (χ2v) is 5.44. The molecule has 0 bridgehead atoms. The van der Waals surface area contributed by atoms with Gasteiger partial charge >= 0.3 is 0 Å². The van der Waals surface area contributed by atoms with Gasteiger partial charge in [0.05, 0.1) is 17.6 Å². The first kappa shape index (κ1) is 12.7. The Balaban J connectivity index is 1.99. The molecule has 19 heavy (non-hydrogen) atoms. The Morgan fingerprint density at radius 1 is 1.42 bits per heavy atom. The quantitative estimate of drug-likeness (QED) is 0.905. The Hall–Kier alpha value is -1.32. The third-order valence-electron chi connectivity index (χ3n) is 3.47. The predicted octanol–water partition coefficient (Wildman–Crippen LogP) is 3.51. The van der Waals surface area contributed by atoms with Crippen molar-refractivity contribution >= 4 is 11.6 Å². The molecule has 3 rings (SSSR count). The molecule has 1 aromatic carbocycles. The van der Waals surface area contributed by atoms with Gasteiger partial charge in [0.15, 0.2) is 0 Å². The van der Waals surface area contributed by atoms with E-state index in [1.165, 1.54) is 24.1 Å². The maximum atomic E-state index is 6.08. The molecule has 1 aromatic heterocycles. The van der Waals surface area contributed by atoms with Crippen LogP contribution in [0.4, 0.5) is 0 Å². The Labute approximate surface area is 118 Å². The molecule has 0 unspecified atom stereocenters. The van der Waals surface area contributed by atoms with Crippen molar-refractivity contribution in [3.63, 3.8) is 0 Å². The highest BCUT2D eigenvalue weighted by Crippen LogP contribution is 2.42. The Morgan fingerprint density at radius 3 is 2.95 bits per heavy atom. The van der Waals surface area contributed by atoms with Gasteiger partial charge < -0.3 is 5.32 Å². The van der Waals surface area contributed by atoms with Crippen molar-refractivity contribution in [1.29, 1.82) is 0 Å². The smallest absolute Gasteiger partial charge is 0.0663 e. The number of hydrogen-bond acceptors (Lipinski definition) is 2. The van der Waals surface area contributed by atoms with Gasteiger partial charge in [-0.05, 0) is 37.6 Å². The van der Waals surface area contributed by atoms with Gasteiger partial charge in [0, 0.05) is 23.0 Å². The fourth-order valence-corrected chi connectivity index (χ4v) is 2.58. The summed E-state index contributed by atoms with van der Waals surface area (Å²) in [7, 11) is 0. The average Bonchev–Trinajstić information content (AvgIpc) is 3.16. The second-order valence-electron chi connectivity index (χ2n) is 5.00. The van der Waals surface area contributed by atoms with Gasteiger partial charge in [-0.25, -0.2) is 4.68 Å². The third kappa shape index (κ3) is 2.67. The van der Waals surface area contributed by atoms with Crippen LogP contribution in [0.5, 0.6) is 0 Å². The first-order valence-corrected chi connectivity index (χ1v) is 7.21. The fourth-order valence-electron chi connectivity index (χ4n) is 2.39. The molecule has 0 spiro atoms. The van der Waals surface area contributed by atoms with Gasteiger partial charge in [-0.1, -0.05) is 24.6 Å². The van der Waals surface area contributed by atoms with Crippen molar-refractivity contribution in [2.75, 3.05) is 6.54 Å². The summed E-state index contributed by atoms with van der Waals surface area (Å²) in [5, 5.41) is 8.70. The zero-order valence-corrected chi connectivity index (χ0v) is 11.8. The molecule has 1 fully saturated rings. The third-order valence-corrected chi connectivity index (χ3v) is 3.70. The van der Waals surface area contributed by atoms with Crippen LogP contribution in [0.3, 0.4) is 0 Å². The minimum absolute atomic E-state index is 0.662. The number of aromatic nitrogens is 2. The largest absolute Gasteiger partial charge is 0.313 e. The highest BCUT2D eigenvalue weighted by molar-refractivity contribution is 6.30. The topological polar surface area (TPSA) is 29.9 Å². The van der Waals surface area contributed by atoms with E-state index >= 15 is 0 Å². The van der Waals surface area contributed by atoms with E-state index in [4.69, 9.17) is 11.6 Å². The summed E-state index contributed by atoms with van der Waals surface area (Å²) >= 11 is 6.08. The summed E-state index contributed by atoms with van der Waals surface area (Å²) in [6, 6.07) is 7.89. The van der Waals surface area contributed by atoms with Gasteiger partial charge in [0.2, 0.25) is 0 Å². The van der Waals surface area contributed by atoms with Gasteiger partial charge in [-0.15, -0.1) is 0 Å². The van der Waals surface area contributed by atoms with Crippen molar-refractivity contribution in [2.45, 2.75) is 32.2 Å². The molecule has 1 aliphatic rings. The lowest BCUT2D eigenvalue weighted by atomic mass is 10.1. The summed E-state index contributed by atoms with van der Waals surface area (Å²) in [5.74, 6) is 0.662. The van der Waals surface area contributed by atoms with Crippen LogP contribution in [-0.4, -0.2) is 16.3 Å². The minimum atomic E-state index is 0.662. The molecule has 1 N–H and O–H groups in total.